The summed E-state index contributed by atoms with van der Waals surface area (Å²) in [5.41, 5.74) is 1.48. The Morgan fingerprint density at radius 1 is 1.24 bits per heavy atom. The number of aromatic nitrogens is 3. The van der Waals surface area contributed by atoms with E-state index in [2.05, 4.69) is 15.5 Å². The Balaban J connectivity index is 1.53. The Morgan fingerprint density at radius 3 is 2.79 bits per heavy atom. The second-order valence-electron chi connectivity index (χ2n) is 6.66. The number of amides is 1. The molecule has 0 aliphatic carbocycles. The van der Waals surface area contributed by atoms with Crippen molar-refractivity contribution in [3.8, 4) is 10.8 Å². The average molecular weight is 408 g/mol. The molecule has 0 aliphatic rings. The number of thiophene rings is 1. The van der Waals surface area contributed by atoms with E-state index >= 15 is 0 Å². The zero-order valence-corrected chi connectivity index (χ0v) is 16.9. The first-order valence-electron chi connectivity index (χ1n) is 9.33. The van der Waals surface area contributed by atoms with Gasteiger partial charge in [-0.25, -0.2) is 0 Å². The van der Waals surface area contributed by atoms with Gasteiger partial charge in [-0.2, -0.15) is 4.98 Å². The van der Waals surface area contributed by atoms with Crippen LogP contribution in [0.3, 0.4) is 0 Å². The molecule has 1 N–H and O–H groups in total. The topological polar surface area (TPSA) is 90.0 Å². The van der Waals surface area contributed by atoms with Gasteiger partial charge < -0.3 is 14.4 Å². The van der Waals surface area contributed by atoms with Crippen LogP contribution in [0.1, 0.15) is 42.5 Å². The van der Waals surface area contributed by atoms with Crippen LogP contribution < -0.4 is 5.32 Å². The maximum atomic E-state index is 12.9. The second kappa shape index (κ2) is 8.00. The summed E-state index contributed by atoms with van der Waals surface area (Å²) < 4.78 is 7.13. The van der Waals surface area contributed by atoms with Crippen molar-refractivity contribution in [2.24, 2.45) is 0 Å². The fourth-order valence-corrected chi connectivity index (χ4v) is 4.01. The number of Topliss-reactive ketones (excluding diaryl/α,β-unsaturated/α-hetero) is 1. The Morgan fingerprint density at radius 2 is 2.07 bits per heavy atom. The highest BCUT2D eigenvalue weighted by atomic mass is 32.1. The van der Waals surface area contributed by atoms with E-state index in [1.54, 1.807) is 6.20 Å². The summed E-state index contributed by atoms with van der Waals surface area (Å²) in [6.45, 7) is 3.65. The minimum absolute atomic E-state index is 0.0249. The molecule has 0 radical (unpaired) electrons. The molecule has 1 unspecified atom stereocenters. The van der Waals surface area contributed by atoms with Crippen molar-refractivity contribution in [1.82, 2.24) is 20.0 Å². The lowest BCUT2D eigenvalue weighted by Gasteiger charge is -2.17. The molecule has 1 amide bonds. The smallest absolute Gasteiger partial charge is 0.268 e. The van der Waals surface area contributed by atoms with E-state index in [1.165, 1.54) is 18.3 Å². The number of fused-ring (bicyclic) bond motifs is 1. The van der Waals surface area contributed by atoms with Gasteiger partial charge in [0.25, 0.3) is 5.89 Å². The van der Waals surface area contributed by atoms with E-state index < -0.39 is 6.04 Å². The molecule has 0 spiro atoms. The zero-order chi connectivity index (χ0) is 20.4. The summed E-state index contributed by atoms with van der Waals surface area (Å²) in [6.07, 6.45) is 2.35. The van der Waals surface area contributed by atoms with E-state index in [0.717, 1.165) is 15.8 Å². The van der Waals surface area contributed by atoms with Crippen LogP contribution in [0, 0.1) is 0 Å². The third kappa shape index (κ3) is 3.71. The van der Waals surface area contributed by atoms with Gasteiger partial charge in [0.2, 0.25) is 5.91 Å². The van der Waals surface area contributed by atoms with Crippen LogP contribution in [0.15, 0.2) is 52.5 Å². The lowest BCUT2D eigenvalue weighted by molar-refractivity contribution is -0.124. The number of rotatable bonds is 7. The third-order valence-electron chi connectivity index (χ3n) is 4.77. The van der Waals surface area contributed by atoms with Crippen LogP contribution >= 0.6 is 11.3 Å². The molecule has 29 heavy (non-hydrogen) atoms. The summed E-state index contributed by atoms with van der Waals surface area (Å²) >= 11 is 1.51. The molecule has 1 aromatic carbocycles. The summed E-state index contributed by atoms with van der Waals surface area (Å²) in [7, 11) is 0. The predicted octanol–water partition coefficient (Wildman–Crippen LogP) is 4.22. The minimum Gasteiger partial charge on any atom is -0.347 e. The Kier molecular flexibility index (Phi) is 5.26. The van der Waals surface area contributed by atoms with Crippen LogP contribution in [-0.4, -0.2) is 26.4 Å². The quantitative estimate of drug-likeness (QED) is 0.462. The van der Waals surface area contributed by atoms with Crippen LogP contribution in [0.2, 0.25) is 0 Å². The monoisotopic (exact) mass is 408 g/mol. The van der Waals surface area contributed by atoms with Gasteiger partial charge in [-0.3, -0.25) is 9.59 Å². The number of hydrogen-bond donors (Lipinski definition) is 1. The van der Waals surface area contributed by atoms with Gasteiger partial charge in [-0.1, -0.05) is 36.3 Å². The molecular weight excluding hydrogens is 388 g/mol. The number of nitrogens with zero attached hydrogens (tertiary/aromatic N) is 3. The molecule has 148 valence electrons. The standard InChI is InChI=1S/C21H20N4O3S/c1-3-16(25-12-15(13(2)26)14-7-4-5-8-17(14)25)20(27)22-11-19-23-21(28-24-19)18-9-6-10-29-18/h4-10,12,16H,3,11H2,1-2H3,(H,22,27). The van der Waals surface area contributed by atoms with E-state index in [0.29, 0.717) is 23.7 Å². The summed E-state index contributed by atoms with van der Waals surface area (Å²) in [4.78, 5) is 30.1. The number of ketones is 1. The third-order valence-corrected chi connectivity index (χ3v) is 5.62. The van der Waals surface area contributed by atoms with Gasteiger partial charge >= 0.3 is 0 Å². The fraction of sp³-hybridized carbons (Fsp3) is 0.238. The SMILES string of the molecule is CCC(C(=O)NCc1noc(-c2cccs2)n1)n1cc(C(C)=O)c2ccccc21. The van der Waals surface area contributed by atoms with Crippen molar-refractivity contribution < 1.29 is 14.1 Å². The molecule has 0 bridgehead atoms. The number of carbonyl (C=O) groups excluding carboxylic acids is 2. The van der Waals surface area contributed by atoms with Crippen molar-refractivity contribution in [1.29, 1.82) is 0 Å². The van der Waals surface area contributed by atoms with Crippen molar-refractivity contribution in [2.45, 2.75) is 32.9 Å². The normalized spacial score (nSPS) is 12.2. The average Bonchev–Trinajstić information content (AvgIpc) is 3.46. The van der Waals surface area contributed by atoms with Crippen molar-refractivity contribution >= 4 is 33.9 Å². The summed E-state index contributed by atoms with van der Waals surface area (Å²) in [5.74, 6) is 0.672. The Hall–Kier alpha value is -3.26. The highest BCUT2D eigenvalue weighted by Gasteiger charge is 2.23. The molecule has 3 aromatic heterocycles. The molecule has 0 aliphatic heterocycles. The van der Waals surface area contributed by atoms with Gasteiger partial charge in [0.15, 0.2) is 11.6 Å². The first-order valence-corrected chi connectivity index (χ1v) is 10.2. The molecule has 8 heteroatoms. The fourth-order valence-electron chi connectivity index (χ4n) is 3.36. The zero-order valence-electron chi connectivity index (χ0n) is 16.1. The van der Waals surface area contributed by atoms with Gasteiger partial charge in [-0.05, 0) is 30.9 Å². The maximum absolute atomic E-state index is 12.9. The van der Waals surface area contributed by atoms with Crippen molar-refractivity contribution in [3.05, 3.63) is 59.4 Å². The van der Waals surface area contributed by atoms with Crippen LogP contribution in [0.4, 0.5) is 0 Å². The number of nitrogens with one attached hydrogen (secondary N) is 1. The van der Waals surface area contributed by atoms with Gasteiger partial charge in [-0.15, -0.1) is 11.3 Å². The van der Waals surface area contributed by atoms with Gasteiger partial charge in [0.05, 0.1) is 11.4 Å². The molecular formula is C21H20N4O3S. The minimum atomic E-state index is -0.448. The molecule has 4 rings (SSSR count). The van der Waals surface area contributed by atoms with Crippen molar-refractivity contribution in [3.63, 3.8) is 0 Å². The highest BCUT2D eigenvalue weighted by molar-refractivity contribution is 7.13. The molecule has 7 nitrogen and oxygen atoms in total. The Bertz CT molecular complexity index is 1160. The number of carbonyl (C=O) groups is 2. The van der Waals surface area contributed by atoms with Crippen molar-refractivity contribution in [2.75, 3.05) is 0 Å². The maximum Gasteiger partial charge on any atom is 0.268 e. The van der Waals surface area contributed by atoms with Crippen LogP contribution in [-0.2, 0) is 11.3 Å². The number of para-hydroxylation sites is 1. The summed E-state index contributed by atoms with van der Waals surface area (Å²) in [6, 6.07) is 11.0. The predicted molar refractivity (Wildman–Crippen MR) is 111 cm³/mol. The molecule has 0 saturated carbocycles. The summed E-state index contributed by atoms with van der Waals surface area (Å²) in [5, 5.41) is 9.60. The lowest BCUT2D eigenvalue weighted by atomic mass is 10.1. The van der Waals surface area contributed by atoms with E-state index in [1.807, 2.05) is 53.3 Å². The largest absolute Gasteiger partial charge is 0.347 e. The first-order chi connectivity index (χ1) is 14.1. The number of hydrogen-bond acceptors (Lipinski definition) is 6. The molecule has 4 aromatic rings. The molecule has 1 atom stereocenters. The van der Waals surface area contributed by atoms with E-state index in [9.17, 15) is 9.59 Å². The van der Waals surface area contributed by atoms with Gasteiger partial charge in [0.1, 0.15) is 6.04 Å². The Labute approximate surface area is 171 Å². The molecule has 0 saturated heterocycles. The van der Waals surface area contributed by atoms with E-state index in [4.69, 9.17) is 4.52 Å². The van der Waals surface area contributed by atoms with Gasteiger partial charge in [0, 0.05) is 22.7 Å². The lowest BCUT2D eigenvalue weighted by Crippen LogP contribution is -2.32. The second-order valence-corrected chi connectivity index (χ2v) is 7.61. The van der Waals surface area contributed by atoms with Crippen LogP contribution in [0.25, 0.3) is 21.7 Å². The van der Waals surface area contributed by atoms with Crippen LogP contribution in [0.5, 0.6) is 0 Å². The molecule has 0 fully saturated rings. The first kappa shape index (κ1) is 19.1. The number of benzene rings is 1. The molecule has 3 heterocycles. The highest BCUT2D eigenvalue weighted by Crippen LogP contribution is 2.27. The van der Waals surface area contributed by atoms with E-state index in [-0.39, 0.29) is 18.2 Å².